The van der Waals surface area contributed by atoms with E-state index in [2.05, 4.69) is 4.72 Å². The fourth-order valence-electron chi connectivity index (χ4n) is 2.93. The summed E-state index contributed by atoms with van der Waals surface area (Å²) in [4.78, 5) is 13.4. The number of halogens is 4. The normalized spacial score (nSPS) is 13.9. The molecule has 0 fully saturated rings. The number of nitrogens with one attached hydrogen (secondary N) is 1. The Hall–Kier alpha value is -2.82. The molecule has 1 N–H and O–H groups in total. The standard InChI is InChI=1S/C18H17F4N3O3S/c1-24(2)13-4-6-15(19)16(8-13)23-29(27,28)14-5-3-11-9-25(10-12(11)7-14)17(26)18(20,21)22/h3-8,23H,9-10H2,1-2H3. The maximum Gasteiger partial charge on any atom is 0.471 e. The highest BCUT2D eigenvalue weighted by atomic mass is 32.2. The van der Waals surface area contributed by atoms with Crippen LogP contribution in [-0.2, 0) is 27.9 Å². The van der Waals surface area contributed by atoms with Crippen molar-refractivity contribution in [3.63, 3.8) is 0 Å². The first kappa shape index (κ1) is 20.9. The van der Waals surface area contributed by atoms with Gasteiger partial charge in [0.1, 0.15) is 5.82 Å². The number of carbonyl (C=O) groups excluding carboxylic acids is 1. The molecule has 0 aromatic heterocycles. The number of amides is 1. The second kappa shape index (κ2) is 7.21. The minimum atomic E-state index is -5.01. The molecule has 0 unspecified atom stereocenters. The van der Waals surface area contributed by atoms with Crippen LogP contribution in [0.1, 0.15) is 11.1 Å². The topological polar surface area (TPSA) is 69.7 Å². The number of anilines is 2. The smallest absolute Gasteiger partial charge is 0.378 e. The molecule has 1 aliphatic rings. The van der Waals surface area contributed by atoms with Crippen LogP contribution < -0.4 is 9.62 Å². The number of sulfonamides is 1. The van der Waals surface area contributed by atoms with E-state index in [-0.39, 0.29) is 29.2 Å². The summed E-state index contributed by atoms with van der Waals surface area (Å²) >= 11 is 0. The molecule has 11 heteroatoms. The molecular weight excluding hydrogens is 414 g/mol. The minimum absolute atomic E-state index is 0.243. The van der Waals surface area contributed by atoms with Gasteiger partial charge in [0.05, 0.1) is 10.6 Å². The molecule has 0 atom stereocenters. The fourth-order valence-corrected chi connectivity index (χ4v) is 4.04. The summed E-state index contributed by atoms with van der Waals surface area (Å²) < 4.78 is 79.4. The molecule has 1 amide bonds. The number of rotatable bonds is 4. The minimum Gasteiger partial charge on any atom is -0.378 e. The molecule has 0 spiro atoms. The maximum absolute atomic E-state index is 14.1. The van der Waals surface area contributed by atoms with E-state index in [0.717, 1.165) is 6.07 Å². The number of fused-ring (bicyclic) bond motifs is 1. The Kier molecular flexibility index (Phi) is 5.20. The second-order valence-electron chi connectivity index (χ2n) is 6.75. The first-order chi connectivity index (χ1) is 13.4. The van der Waals surface area contributed by atoms with Gasteiger partial charge in [-0.05, 0) is 41.5 Å². The predicted molar refractivity (Wildman–Crippen MR) is 98.3 cm³/mol. The zero-order chi connectivity index (χ0) is 21.6. The van der Waals surface area contributed by atoms with E-state index in [1.54, 1.807) is 19.0 Å². The van der Waals surface area contributed by atoms with Crippen LogP contribution in [0.4, 0.5) is 28.9 Å². The highest BCUT2D eigenvalue weighted by Gasteiger charge is 2.44. The average Bonchev–Trinajstić information content (AvgIpc) is 3.04. The lowest BCUT2D eigenvalue weighted by Crippen LogP contribution is -2.37. The van der Waals surface area contributed by atoms with Crippen molar-refractivity contribution in [3.8, 4) is 0 Å². The van der Waals surface area contributed by atoms with E-state index in [4.69, 9.17) is 0 Å². The Balaban J connectivity index is 1.86. The summed E-state index contributed by atoms with van der Waals surface area (Å²) in [5.74, 6) is -2.76. The highest BCUT2D eigenvalue weighted by Crippen LogP contribution is 2.30. The summed E-state index contributed by atoms with van der Waals surface area (Å²) in [6, 6.07) is 7.67. The molecular formula is C18H17F4N3O3S. The molecule has 0 aliphatic carbocycles. The summed E-state index contributed by atoms with van der Waals surface area (Å²) in [7, 11) is -0.784. The van der Waals surface area contributed by atoms with Crippen molar-refractivity contribution < 1.29 is 30.8 Å². The third-order valence-corrected chi connectivity index (χ3v) is 5.81. The van der Waals surface area contributed by atoms with Crippen molar-refractivity contribution in [3.05, 3.63) is 53.3 Å². The van der Waals surface area contributed by atoms with Crippen LogP contribution in [0.5, 0.6) is 0 Å². The van der Waals surface area contributed by atoms with Gasteiger partial charge in [0.25, 0.3) is 10.0 Å². The first-order valence-corrected chi connectivity index (χ1v) is 9.84. The SMILES string of the molecule is CN(C)c1ccc(F)c(NS(=O)(=O)c2ccc3c(c2)CN(C(=O)C(F)(F)F)C3)c1. The Morgan fingerprint density at radius 1 is 1.07 bits per heavy atom. The lowest BCUT2D eigenvalue weighted by Gasteiger charge is -2.16. The third-order valence-electron chi connectivity index (χ3n) is 4.45. The van der Waals surface area contributed by atoms with E-state index in [1.165, 1.54) is 30.3 Å². The van der Waals surface area contributed by atoms with Gasteiger partial charge in [-0.2, -0.15) is 13.2 Å². The van der Waals surface area contributed by atoms with Crippen molar-refractivity contribution in [2.24, 2.45) is 0 Å². The van der Waals surface area contributed by atoms with Crippen LogP contribution in [0.2, 0.25) is 0 Å². The molecule has 0 saturated carbocycles. The van der Waals surface area contributed by atoms with Crippen LogP contribution in [-0.4, -0.2) is 39.5 Å². The van der Waals surface area contributed by atoms with E-state index in [1.807, 2.05) is 0 Å². The molecule has 0 bridgehead atoms. The quantitative estimate of drug-likeness (QED) is 0.756. The van der Waals surface area contributed by atoms with Gasteiger partial charge in [-0.15, -0.1) is 0 Å². The number of alkyl halides is 3. The third kappa shape index (κ3) is 4.29. The van der Waals surface area contributed by atoms with Crippen molar-refractivity contribution >= 4 is 27.3 Å². The highest BCUT2D eigenvalue weighted by molar-refractivity contribution is 7.92. The Morgan fingerprint density at radius 3 is 2.34 bits per heavy atom. The molecule has 0 radical (unpaired) electrons. The first-order valence-electron chi connectivity index (χ1n) is 8.36. The van der Waals surface area contributed by atoms with Gasteiger partial charge >= 0.3 is 12.1 Å². The summed E-state index contributed by atoms with van der Waals surface area (Å²) in [6.07, 6.45) is -5.01. The number of nitrogens with zero attached hydrogens (tertiary/aromatic N) is 2. The van der Waals surface area contributed by atoms with Crippen molar-refractivity contribution in [1.29, 1.82) is 0 Å². The Labute approximate surface area is 164 Å². The number of carbonyl (C=O) groups is 1. The zero-order valence-corrected chi connectivity index (χ0v) is 16.2. The second-order valence-corrected chi connectivity index (χ2v) is 8.44. The van der Waals surface area contributed by atoms with Crippen molar-refractivity contribution in [2.75, 3.05) is 23.7 Å². The van der Waals surface area contributed by atoms with E-state index >= 15 is 0 Å². The van der Waals surface area contributed by atoms with Crippen LogP contribution in [0.15, 0.2) is 41.3 Å². The number of benzene rings is 2. The van der Waals surface area contributed by atoms with E-state index in [9.17, 15) is 30.8 Å². The van der Waals surface area contributed by atoms with Gasteiger partial charge in [0.2, 0.25) is 0 Å². The predicted octanol–water partition coefficient (Wildman–Crippen LogP) is 3.10. The lowest BCUT2D eigenvalue weighted by molar-refractivity contribution is -0.186. The summed E-state index contributed by atoms with van der Waals surface area (Å²) in [5.41, 5.74) is 1.01. The molecule has 29 heavy (non-hydrogen) atoms. The van der Waals surface area contributed by atoms with Gasteiger partial charge in [0.15, 0.2) is 0 Å². The molecule has 1 aliphatic heterocycles. The molecule has 156 valence electrons. The molecule has 2 aromatic carbocycles. The van der Waals surface area contributed by atoms with Gasteiger partial charge in [-0.1, -0.05) is 6.07 Å². The van der Waals surface area contributed by atoms with Gasteiger partial charge in [0, 0.05) is 32.9 Å². The van der Waals surface area contributed by atoms with Gasteiger partial charge in [-0.3, -0.25) is 9.52 Å². The molecule has 2 aromatic rings. The molecule has 1 heterocycles. The van der Waals surface area contributed by atoms with Crippen LogP contribution in [0.3, 0.4) is 0 Å². The molecule has 3 rings (SSSR count). The fraction of sp³-hybridized carbons (Fsp3) is 0.278. The monoisotopic (exact) mass is 431 g/mol. The Morgan fingerprint density at radius 2 is 1.72 bits per heavy atom. The van der Waals surface area contributed by atoms with Crippen LogP contribution in [0.25, 0.3) is 0 Å². The maximum atomic E-state index is 14.1. The van der Waals surface area contributed by atoms with E-state index < -0.39 is 27.9 Å². The van der Waals surface area contributed by atoms with Crippen LogP contribution in [0, 0.1) is 5.82 Å². The van der Waals surface area contributed by atoms with Gasteiger partial charge in [-0.25, -0.2) is 12.8 Å². The Bertz CT molecular complexity index is 1070. The lowest BCUT2D eigenvalue weighted by atomic mass is 10.1. The van der Waals surface area contributed by atoms with Crippen molar-refractivity contribution in [2.45, 2.75) is 24.2 Å². The van der Waals surface area contributed by atoms with E-state index in [0.29, 0.717) is 16.2 Å². The number of hydrogen-bond donors (Lipinski definition) is 1. The molecule has 0 saturated heterocycles. The molecule has 6 nitrogen and oxygen atoms in total. The average molecular weight is 431 g/mol. The van der Waals surface area contributed by atoms with Crippen molar-refractivity contribution in [1.82, 2.24) is 4.90 Å². The van der Waals surface area contributed by atoms with Crippen LogP contribution >= 0.6 is 0 Å². The zero-order valence-electron chi connectivity index (χ0n) is 15.4. The largest absolute Gasteiger partial charge is 0.471 e. The number of hydrogen-bond acceptors (Lipinski definition) is 4. The van der Waals surface area contributed by atoms with Gasteiger partial charge < -0.3 is 9.80 Å². The summed E-state index contributed by atoms with van der Waals surface area (Å²) in [6.45, 7) is -0.623. The summed E-state index contributed by atoms with van der Waals surface area (Å²) in [5, 5.41) is 0.